The van der Waals surface area contributed by atoms with Gasteiger partial charge in [-0.05, 0) is 51.4 Å². The second-order valence-corrected chi connectivity index (χ2v) is 5.82. The van der Waals surface area contributed by atoms with Crippen LogP contribution in [-0.4, -0.2) is 23.0 Å². The molecule has 2 aliphatic rings. The van der Waals surface area contributed by atoms with Crippen LogP contribution < -0.4 is 0 Å². The molecule has 0 aromatic carbocycles. The van der Waals surface area contributed by atoms with Crippen LogP contribution in [0.2, 0.25) is 0 Å². The molecule has 0 saturated carbocycles. The number of piperidine rings is 1. The summed E-state index contributed by atoms with van der Waals surface area (Å²) in [5.41, 5.74) is 0. The van der Waals surface area contributed by atoms with Gasteiger partial charge in [0.2, 0.25) is 0 Å². The molecule has 0 N–H and O–H groups in total. The quantitative estimate of drug-likeness (QED) is 0.653. The van der Waals surface area contributed by atoms with Crippen molar-refractivity contribution in [1.82, 2.24) is 4.90 Å². The van der Waals surface area contributed by atoms with Gasteiger partial charge in [0.05, 0.1) is 0 Å². The molecule has 2 heterocycles. The van der Waals surface area contributed by atoms with Gasteiger partial charge in [-0.15, -0.1) is 0 Å². The topological polar surface area (TPSA) is 3.24 Å². The number of nitrogens with zero attached hydrogens (tertiary/aromatic N) is 1. The summed E-state index contributed by atoms with van der Waals surface area (Å²) in [5, 5.41) is 0. The zero-order chi connectivity index (χ0) is 10.3. The molecule has 2 saturated heterocycles. The monoisotopic (exact) mass is 195 g/mol. The summed E-state index contributed by atoms with van der Waals surface area (Å²) in [6, 6.07) is 2.60. The van der Waals surface area contributed by atoms with Crippen LogP contribution in [0.25, 0.3) is 0 Å². The fourth-order valence-electron chi connectivity index (χ4n) is 3.82. The standard InChI is InChI=1S/C13H25N/c1-9(2)12-7-5-11-6-8-13(12)14(11)10(3)4/h9-13H,5-8H2,1-4H3/t11-,12+,13-/m1/s1. The molecule has 14 heavy (non-hydrogen) atoms. The molecule has 0 aliphatic carbocycles. The van der Waals surface area contributed by atoms with Gasteiger partial charge in [0.25, 0.3) is 0 Å². The van der Waals surface area contributed by atoms with Crippen molar-refractivity contribution in [3.63, 3.8) is 0 Å². The summed E-state index contributed by atoms with van der Waals surface area (Å²) in [7, 11) is 0. The summed E-state index contributed by atoms with van der Waals surface area (Å²) in [6.45, 7) is 9.55. The van der Waals surface area contributed by atoms with E-state index in [0.717, 1.165) is 30.0 Å². The van der Waals surface area contributed by atoms with Crippen molar-refractivity contribution >= 4 is 0 Å². The Morgan fingerprint density at radius 3 is 2.14 bits per heavy atom. The number of fused-ring (bicyclic) bond motifs is 2. The maximum Gasteiger partial charge on any atom is 0.0132 e. The van der Waals surface area contributed by atoms with E-state index < -0.39 is 0 Å². The third-order valence-electron chi connectivity index (χ3n) is 4.38. The molecular formula is C13H25N. The smallest absolute Gasteiger partial charge is 0.0132 e. The van der Waals surface area contributed by atoms with Gasteiger partial charge in [-0.1, -0.05) is 13.8 Å². The van der Waals surface area contributed by atoms with E-state index in [-0.39, 0.29) is 0 Å². The minimum atomic E-state index is 0.758. The van der Waals surface area contributed by atoms with Crippen LogP contribution in [0.3, 0.4) is 0 Å². The molecule has 3 atom stereocenters. The second-order valence-electron chi connectivity index (χ2n) is 5.82. The summed E-state index contributed by atoms with van der Waals surface area (Å²) >= 11 is 0. The second kappa shape index (κ2) is 3.84. The van der Waals surface area contributed by atoms with Crippen LogP contribution in [0.1, 0.15) is 53.4 Å². The van der Waals surface area contributed by atoms with Gasteiger partial charge in [-0.3, -0.25) is 4.90 Å². The van der Waals surface area contributed by atoms with Gasteiger partial charge in [-0.2, -0.15) is 0 Å². The Bertz CT molecular complexity index is 197. The van der Waals surface area contributed by atoms with Crippen molar-refractivity contribution in [3.05, 3.63) is 0 Å². The zero-order valence-electron chi connectivity index (χ0n) is 10.2. The van der Waals surface area contributed by atoms with Crippen molar-refractivity contribution in [3.8, 4) is 0 Å². The minimum absolute atomic E-state index is 0.758. The van der Waals surface area contributed by atoms with E-state index in [1.165, 1.54) is 25.7 Å². The van der Waals surface area contributed by atoms with Crippen LogP contribution in [0.15, 0.2) is 0 Å². The first-order chi connectivity index (χ1) is 6.61. The van der Waals surface area contributed by atoms with Gasteiger partial charge < -0.3 is 0 Å². The predicted octanol–water partition coefficient (Wildman–Crippen LogP) is 3.29. The molecule has 0 spiro atoms. The Balaban J connectivity index is 2.13. The Kier molecular flexibility index (Phi) is 2.88. The maximum absolute atomic E-state index is 2.81. The number of hydrogen-bond acceptors (Lipinski definition) is 1. The Morgan fingerprint density at radius 1 is 0.929 bits per heavy atom. The van der Waals surface area contributed by atoms with Gasteiger partial charge >= 0.3 is 0 Å². The lowest BCUT2D eigenvalue weighted by Crippen LogP contribution is -2.49. The molecule has 2 rings (SSSR count). The Hall–Kier alpha value is -0.0400. The minimum Gasteiger partial charge on any atom is -0.295 e. The third kappa shape index (κ3) is 1.60. The highest BCUT2D eigenvalue weighted by molar-refractivity contribution is 4.98. The zero-order valence-corrected chi connectivity index (χ0v) is 10.2. The van der Waals surface area contributed by atoms with Crippen molar-refractivity contribution in [2.75, 3.05) is 0 Å². The maximum atomic E-state index is 2.81. The van der Waals surface area contributed by atoms with E-state index in [1.54, 1.807) is 0 Å². The lowest BCUT2D eigenvalue weighted by atomic mass is 9.81. The summed E-state index contributed by atoms with van der Waals surface area (Å²) in [4.78, 5) is 2.81. The predicted molar refractivity (Wildman–Crippen MR) is 61.3 cm³/mol. The van der Waals surface area contributed by atoms with Gasteiger partial charge in [0.15, 0.2) is 0 Å². The highest BCUT2D eigenvalue weighted by Crippen LogP contribution is 2.42. The van der Waals surface area contributed by atoms with Crippen molar-refractivity contribution < 1.29 is 0 Å². The fourth-order valence-corrected chi connectivity index (χ4v) is 3.82. The summed E-state index contributed by atoms with van der Waals surface area (Å²) in [5.74, 6) is 1.84. The van der Waals surface area contributed by atoms with Crippen molar-refractivity contribution in [2.24, 2.45) is 11.8 Å². The first kappa shape index (κ1) is 10.5. The highest BCUT2D eigenvalue weighted by Gasteiger charge is 2.43. The fraction of sp³-hybridized carbons (Fsp3) is 1.00. The average Bonchev–Trinajstić information content (AvgIpc) is 2.40. The number of hydrogen-bond donors (Lipinski definition) is 0. The van der Waals surface area contributed by atoms with E-state index in [4.69, 9.17) is 0 Å². The number of rotatable bonds is 2. The van der Waals surface area contributed by atoms with E-state index >= 15 is 0 Å². The van der Waals surface area contributed by atoms with Gasteiger partial charge in [0.1, 0.15) is 0 Å². The van der Waals surface area contributed by atoms with Crippen LogP contribution in [-0.2, 0) is 0 Å². The Labute approximate surface area is 88.9 Å². The molecular weight excluding hydrogens is 170 g/mol. The van der Waals surface area contributed by atoms with Crippen molar-refractivity contribution in [2.45, 2.75) is 71.5 Å². The van der Waals surface area contributed by atoms with Crippen LogP contribution >= 0.6 is 0 Å². The van der Waals surface area contributed by atoms with Gasteiger partial charge in [0, 0.05) is 18.1 Å². The SMILES string of the molecule is CC(C)[C@@H]1CC[C@@H]2CC[C@H]1N2C(C)C. The molecule has 0 aromatic rings. The van der Waals surface area contributed by atoms with Crippen molar-refractivity contribution in [1.29, 1.82) is 0 Å². The van der Waals surface area contributed by atoms with Crippen LogP contribution in [0, 0.1) is 11.8 Å². The third-order valence-corrected chi connectivity index (χ3v) is 4.38. The highest BCUT2D eigenvalue weighted by atomic mass is 15.2. The van der Waals surface area contributed by atoms with Crippen LogP contribution in [0.5, 0.6) is 0 Å². The molecule has 2 bridgehead atoms. The lowest BCUT2D eigenvalue weighted by Gasteiger charge is -2.44. The molecule has 1 heteroatoms. The first-order valence-corrected chi connectivity index (χ1v) is 6.38. The molecule has 2 aliphatic heterocycles. The van der Waals surface area contributed by atoms with Crippen LogP contribution in [0.4, 0.5) is 0 Å². The largest absolute Gasteiger partial charge is 0.295 e. The van der Waals surface area contributed by atoms with E-state index in [0.29, 0.717) is 0 Å². The molecule has 0 radical (unpaired) electrons. The van der Waals surface area contributed by atoms with E-state index in [9.17, 15) is 0 Å². The first-order valence-electron chi connectivity index (χ1n) is 6.38. The summed E-state index contributed by atoms with van der Waals surface area (Å²) < 4.78 is 0. The molecule has 0 unspecified atom stereocenters. The van der Waals surface area contributed by atoms with E-state index in [1.807, 2.05) is 0 Å². The average molecular weight is 195 g/mol. The lowest BCUT2D eigenvalue weighted by molar-refractivity contribution is 0.0429. The molecule has 0 aromatic heterocycles. The Morgan fingerprint density at radius 2 is 1.57 bits per heavy atom. The molecule has 82 valence electrons. The molecule has 1 nitrogen and oxygen atoms in total. The summed E-state index contributed by atoms with van der Waals surface area (Å²) in [6.07, 6.45) is 5.87. The van der Waals surface area contributed by atoms with E-state index in [2.05, 4.69) is 32.6 Å². The molecule has 0 amide bonds. The normalized spacial score (nSPS) is 38.6. The van der Waals surface area contributed by atoms with Gasteiger partial charge in [-0.25, -0.2) is 0 Å². The molecule has 2 fully saturated rings.